The Morgan fingerprint density at radius 2 is 2.05 bits per heavy atom. The highest BCUT2D eigenvalue weighted by Gasteiger charge is 2.20. The van der Waals surface area contributed by atoms with Crippen molar-refractivity contribution in [3.05, 3.63) is 53.1 Å². The Balaban J connectivity index is 1.63. The van der Waals surface area contributed by atoms with Crippen LogP contribution in [0.4, 0.5) is 0 Å². The third-order valence-electron chi connectivity index (χ3n) is 3.46. The molecule has 0 saturated heterocycles. The molecule has 0 bridgehead atoms. The van der Waals surface area contributed by atoms with Crippen LogP contribution in [0.15, 0.2) is 35.2 Å². The molecule has 4 heteroatoms. The van der Waals surface area contributed by atoms with E-state index in [0.717, 1.165) is 29.5 Å². The summed E-state index contributed by atoms with van der Waals surface area (Å²) in [5.41, 5.74) is 3.45. The van der Waals surface area contributed by atoms with Gasteiger partial charge in [-0.15, -0.1) is 11.8 Å². The number of nitrogens with zero attached hydrogens (tertiary/aromatic N) is 2. The lowest BCUT2D eigenvalue weighted by molar-refractivity contribution is 0.668. The van der Waals surface area contributed by atoms with Crippen LogP contribution in [0, 0.1) is 13.8 Å². The molecule has 1 fully saturated rings. The third-order valence-corrected chi connectivity index (χ3v) is 4.45. The van der Waals surface area contributed by atoms with Crippen LogP contribution in [0.2, 0.25) is 0 Å². The molecule has 1 saturated carbocycles. The zero-order valence-corrected chi connectivity index (χ0v) is 13.4. The van der Waals surface area contributed by atoms with Crippen LogP contribution in [0.25, 0.3) is 0 Å². The van der Waals surface area contributed by atoms with Gasteiger partial charge in [0.2, 0.25) is 0 Å². The van der Waals surface area contributed by atoms with Gasteiger partial charge in [-0.2, -0.15) is 0 Å². The molecule has 0 spiro atoms. The predicted octanol–water partition coefficient (Wildman–Crippen LogP) is 3.64. The van der Waals surface area contributed by atoms with E-state index >= 15 is 0 Å². The molecule has 3 nitrogen and oxygen atoms in total. The van der Waals surface area contributed by atoms with Crippen LogP contribution in [-0.2, 0) is 12.3 Å². The van der Waals surface area contributed by atoms with Gasteiger partial charge in [0.1, 0.15) is 5.82 Å². The maximum atomic E-state index is 4.68. The molecule has 1 aliphatic rings. The van der Waals surface area contributed by atoms with E-state index in [9.17, 15) is 0 Å². The van der Waals surface area contributed by atoms with Crippen molar-refractivity contribution in [1.82, 2.24) is 15.3 Å². The van der Waals surface area contributed by atoms with Gasteiger partial charge in [0.05, 0.1) is 11.4 Å². The maximum Gasteiger partial charge on any atom is 0.139 e. The van der Waals surface area contributed by atoms with Gasteiger partial charge in [0.25, 0.3) is 0 Å². The first-order chi connectivity index (χ1) is 10.2. The minimum Gasteiger partial charge on any atom is -0.308 e. The number of hydrogen-bond acceptors (Lipinski definition) is 4. The summed E-state index contributed by atoms with van der Waals surface area (Å²) in [6.45, 7) is 5.02. The lowest BCUT2D eigenvalue weighted by atomic mass is 10.2. The lowest BCUT2D eigenvalue weighted by Crippen LogP contribution is -2.17. The molecule has 1 heterocycles. The van der Waals surface area contributed by atoms with Crippen LogP contribution in [0.3, 0.4) is 0 Å². The second-order valence-electron chi connectivity index (χ2n) is 5.68. The quantitative estimate of drug-likeness (QED) is 0.826. The van der Waals surface area contributed by atoms with Gasteiger partial charge in [-0.25, -0.2) is 9.97 Å². The van der Waals surface area contributed by atoms with Gasteiger partial charge in [0.15, 0.2) is 0 Å². The van der Waals surface area contributed by atoms with Crippen molar-refractivity contribution >= 4 is 11.8 Å². The first-order valence-corrected chi connectivity index (χ1v) is 8.44. The van der Waals surface area contributed by atoms with Gasteiger partial charge in [-0.05, 0) is 44.9 Å². The van der Waals surface area contributed by atoms with E-state index in [4.69, 9.17) is 0 Å². The normalized spacial score (nSPS) is 14.4. The standard InChI is InChI=1S/C17H21N3S/c1-12-4-3-5-16(8-12)21-11-17-19-13(2)9-15(20-17)10-18-14-6-7-14/h3-5,8-9,14,18H,6-7,10-11H2,1-2H3. The summed E-state index contributed by atoms with van der Waals surface area (Å²) >= 11 is 1.80. The van der Waals surface area contributed by atoms with E-state index in [1.807, 2.05) is 6.92 Å². The molecule has 1 aliphatic carbocycles. The summed E-state index contributed by atoms with van der Waals surface area (Å²) in [5, 5.41) is 3.51. The minimum absolute atomic E-state index is 0.713. The fraction of sp³-hybridized carbons (Fsp3) is 0.412. The van der Waals surface area contributed by atoms with Crippen LogP contribution in [0.5, 0.6) is 0 Å². The Morgan fingerprint density at radius 1 is 1.19 bits per heavy atom. The molecule has 0 amide bonds. The topological polar surface area (TPSA) is 37.8 Å². The number of aromatic nitrogens is 2. The number of nitrogens with one attached hydrogen (secondary N) is 1. The molecule has 2 aromatic rings. The van der Waals surface area contributed by atoms with Gasteiger partial charge in [0, 0.05) is 23.2 Å². The highest BCUT2D eigenvalue weighted by atomic mass is 32.2. The molecule has 21 heavy (non-hydrogen) atoms. The molecule has 1 N–H and O–H groups in total. The molecule has 3 rings (SSSR count). The van der Waals surface area contributed by atoms with Crippen molar-refractivity contribution < 1.29 is 0 Å². The average Bonchev–Trinajstić information content (AvgIpc) is 3.27. The minimum atomic E-state index is 0.713. The van der Waals surface area contributed by atoms with Crippen molar-refractivity contribution in [3.8, 4) is 0 Å². The molecule has 110 valence electrons. The summed E-state index contributed by atoms with van der Waals surface area (Å²) in [6, 6.07) is 11.4. The molecule has 0 unspecified atom stereocenters. The van der Waals surface area contributed by atoms with E-state index < -0.39 is 0 Å². The van der Waals surface area contributed by atoms with Crippen molar-refractivity contribution in [2.24, 2.45) is 0 Å². The second-order valence-corrected chi connectivity index (χ2v) is 6.73. The molecule has 1 aromatic heterocycles. The van der Waals surface area contributed by atoms with Crippen molar-refractivity contribution in [2.75, 3.05) is 0 Å². The van der Waals surface area contributed by atoms with E-state index in [2.05, 4.69) is 52.5 Å². The Bertz CT molecular complexity index is 623. The van der Waals surface area contributed by atoms with E-state index in [-0.39, 0.29) is 0 Å². The Labute approximate surface area is 130 Å². The Morgan fingerprint density at radius 3 is 2.81 bits per heavy atom. The van der Waals surface area contributed by atoms with Crippen LogP contribution >= 0.6 is 11.8 Å². The largest absolute Gasteiger partial charge is 0.308 e. The SMILES string of the molecule is Cc1cccc(SCc2nc(C)cc(CNC3CC3)n2)c1. The van der Waals surface area contributed by atoms with Crippen molar-refractivity contribution in [1.29, 1.82) is 0 Å². The second kappa shape index (κ2) is 6.58. The van der Waals surface area contributed by atoms with E-state index in [0.29, 0.717) is 6.04 Å². The molecule has 1 aromatic carbocycles. The number of rotatable bonds is 6. The van der Waals surface area contributed by atoms with Crippen LogP contribution in [-0.4, -0.2) is 16.0 Å². The maximum absolute atomic E-state index is 4.68. The molecule has 0 atom stereocenters. The summed E-state index contributed by atoms with van der Waals surface area (Å²) in [7, 11) is 0. The average molecular weight is 299 g/mol. The highest BCUT2D eigenvalue weighted by Crippen LogP contribution is 2.23. The van der Waals surface area contributed by atoms with E-state index in [1.165, 1.54) is 23.3 Å². The summed E-state index contributed by atoms with van der Waals surface area (Å²) < 4.78 is 0. The van der Waals surface area contributed by atoms with Crippen molar-refractivity contribution in [3.63, 3.8) is 0 Å². The molecule has 0 aliphatic heterocycles. The Kier molecular flexibility index (Phi) is 4.56. The van der Waals surface area contributed by atoms with Crippen LogP contribution in [0.1, 0.15) is 35.6 Å². The van der Waals surface area contributed by atoms with Crippen molar-refractivity contribution in [2.45, 2.75) is 49.9 Å². The number of hydrogen-bond donors (Lipinski definition) is 1. The Hall–Kier alpha value is -1.39. The van der Waals surface area contributed by atoms with Gasteiger partial charge in [-0.1, -0.05) is 17.7 Å². The number of benzene rings is 1. The van der Waals surface area contributed by atoms with Gasteiger partial charge in [-0.3, -0.25) is 0 Å². The summed E-state index contributed by atoms with van der Waals surface area (Å²) in [5.74, 6) is 1.75. The lowest BCUT2D eigenvalue weighted by Gasteiger charge is -2.07. The first kappa shape index (κ1) is 14.5. The zero-order chi connectivity index (χ0) is 14.7. The number of thioether (sulfide) groups is 1. The fourth-order valence-electron chi connectivity index (χ4n) is 2.24. The molecular weight excluding hydrogens is 278 g/mol. The number of aryl methyl sites for hydroxylation is 2. The third kappa shape index (κ3) is 4.55. The zero-order valence-electron chi connectivity index (χ0n) is 12.6. The van der Waals surface area contributed by atoms with Gasteiger partial charge >= 0.3 is 0 Å². The molecular formula is C17H21N3S. The van der Waals surface area contributed by atoms with Gasteiger partial charge < -0.3 is 5.32 Å². The monoisotopic (exact) mass is 299 g/mol. The van der Waals surface area contributed by atoms with Crippen LogP contribution < -0.4 is 5.32 Å². The fourth-order valence-corrected chi connectivity index (χ4v) is 3.11. The first-order valence-electron chi connectivity index (χ1n) is 7.45. The highest BCUT2D eigenvalue weighted by molar-refractivity contribution is 7.98. The smallest absolute Gasteiger partial charge is 0.139 e. The van der Waals surface area contributed by atoms with E-state index in [1.54, 1.807) is 11.8 Å². The summed E-state index contributed by atoms with van der Waals surface area (Å²) in [6.07, 6.45) is 2.61. The predicted molar refractivity (Wildman–Crippen MR) is 87.4 cm³/mol. The molecule has 0 radical (unpaired) electrons. The summed E-state index contributed by atoms with van der Waals surface area (Å²) in [4.78, 5) is 10.5.